The van der Waals surface area contributed by atoms with Crippen LogP contribution in [-0.2, 0) is 14.3 Å². The maximum absolute atomic E-state index is 13.7. The van der Waals surface area contributed by atoms with Gasteiger partial charge in [-0.2, -0.15) is 0 Å². The van der Waals surface area contributed by atoms with Gasteiger partial charge in [0.15, 0.2) is 0 Å². The third-order valence-corrected chi connectivity index (χ3v) is 5.72. The Bertz CT molecular complexity index is 856. The first-order chi connectivity index (χ1) is 12.5. The molecule has 2 atom stereocenters. The van der Waals surface area contributed by atoms with Crippen molar-refractivity contribution in [3.8, 4) is 0 Å². The lowest BCUT2D eigenvalue weighted by Gasteiger charge is -2.33. The number of primary amides is 1. The van der Waals surface area contributed by atoms with E-state index in [0.717, 1.165) is 24.0 Å². The second-order valence-electron chi connectivity index (χ2n) is 7.27. The fourth-order valence-electron chi connectivity index (χ4n) is 4.21. The van der Waals surface area contributed by atoms with Crippen molar-refractivity contribution < 1.29 is 18.7 Å². The Morgan fingerprint density at radius 1 is 1.35 bits per heavy atom. The lowest BCUT2D eigenvalue weighted by Crippen LogP contribution is -2.41. The molecule has 1 saturated carbocycles. The Labute approximate surface area is 151 Å². The summed E-state index contributed by atoms with van der Waals surface area (Å²) in [5.41, 5.74) is 6.93. The van der Waals surface area contributed by atoms with Gasteiger partial charge < -0.3 is 15.8 Å². The average Bonchev–Trinajstić information content (AvgIpc) is 3.40. The number of hydrogen-bond donors (Lipinski definition) is 2. The van der Waals surface area contributed by atoms with Crippen molar-refractivity contribution in [1.82, 2.24) is 5.32 Å². The molecule has 1 aliphatic heterocycles. The van der Waals surface area contributed by atoms with Crippen molar-refractivity contribution in [3.05, 3.63) is 58.6 Å². The van der Waals surface area contributed by atoms with Gasteiger partial charge in [0, 0.05) is 13.0 Å². The number of halogens is 1. The monoisotopic (exact) mass is 356 g/mol. The van der Waals surface area contributed by atoms with Crippen LogP contribution in [0.5, 0.6) is 0 Å². The van der Waals surface area contributed by atoms with Crippen molar-refractivity contribution in [2.24, 2.45) is 17.1 Å². The van der Waals surface area contributed by atoms with Crippen molar-refractivity contribution in [2.45, 2.75) is 25.2 Å². The number of carbonyl (C=O) groups excluding carboxylic acids is 2. The van der Waals surface area contributed by atoms with Crippen molar-refractivity contribution in [2.75, 3.05) is 13.7 Å². The highest BCUT2D eigenvalue weighted by Crippen LogP contribution is 2.56. The molecule has 0 spiro atoms. The van der Waals surface area contributed by atoms with Gasteiger partial charge in [0.1, 0.15) is 11.6 Å². The standard InChI is InChI=1S/C20H21FN2O3/c1-23-18(24)15-9-20(19(22)25,12-5-6-12)8-14-16(10-26-17(14)15)11-3-2-4-13(21)7-11/h2-4,7,9,12,16H,5-6,8,10H2,1H3,(H2,22,25)(H,23,24). The summed E-state index contributed by atoms with van der Waals surface area (Å²) in [4.78, 5) is 24.9. The van der Waals surface area contributed by atoms with Gasteiger partial charge in [-0.3, -0.25) is 9.59 Å². The maximum Gasteiger partial charge on any atom is 0.254 e. The number of rotatable bonds is 4. The molecule has 1 fully saturated rings. The van der Waals surface area contributed by atoms with Crippen LogP contribution in [0.25, 0.3) is 0 Å². The highest BCUT2D eigenvalue weighted by molar-refractivity contribution is 6.00. The molecule has 1 aromatic rings. The molecule has 136 valence electrons. The number of nitrogens with one attached hydrogen (secondary N) is 1. The Kier molecular flexibility index (Phi) is 3.86. The van der Waals surface area contributed by atoms with Gasteiger partial charge in [-0.15, -0.1) is 0 Å². The molecule has 1 heterocycles. The molecular formula is C20H21FN2O3. The number of carbonyl (C=O) groups is 2. The summed E-state index contributed by atoms with van der Waals surface area (Å²) >= 11 is 0. The van der Waals surface area contributed by atoms with Gasteiger partial charge in [0.2, 0.25) is 5.91 Å². The van der Waals surface area contributed by atoms with Crippen LogP contribution in [0.4, 0.5) is 4.39 Å². The van der Waals surface area contributed by atoms with E-state index >= 15 is 0 Å². The maximum atomic E-state index is 13.7. The molecule has 2 unspecified atom stereocenters. The number of nitrogens with two attached hydrogens (primary N) is 1. The average molecular weight is 356 g/mol. The van der Waals surface area contributed by atoms with E-state index in [0.29, 0.717) is 24.4 Å². The largest absolute Gasteiger partial charge is 0.492 e. The van der Waals surface area contributed by atoms with E-state index in [-0.39, 0.29) is 23.6 Å². The molecule has 3 aliphatic rings. The molecule has 0 saturated heterocycles. The lowest BCUT2D eigenvalue weighted by atomic mass is 9.68. The third-order valence-electron chi connectivity index (χ3n) is 5.72. The summed E-state index contributed by atoms with van der Waals surface area (Å²) in [6.07, 6.45) is 3.95. The number of benzene rings is 1. The second kappa shape index (κ2) is 5.97. The summed E-state index contributed by atoms with van der Waals surface area (Å²) in [6.45, 7) is 0.321. The van der Waals surface area contributed by atoms with Gasteiger partial charge in [0.05, 0.1) is 17.6 Å². The molecule has 5 nitrogen and oxygen atoms in total. The van der Waals surface area contributed by atoms with Gasteiger partial charge in [0.25, 0.3) is 5.91 Å². The molecule has 6 heteroatoms. The number of hydrogen-bond acceptors (Lipinski definition) is 3. The van der Waals surface area contributed by atoms with Crippen LogP contribution in [0.2, 0.25) is 0 Å². The predicted molar refractivity (Wildman–Crippen MR) is 93.2 cm³/mol. The summed E-state index contributed by atoms with van der Waals surface area (Å²) in [5, 5.41) is 2.61. The third kappa shape index (κ3) is 2.52. The summed E-state index contributed by atoms with van der Waals surface area (Å²) in [6, 6.07) is 6.37. The summed E-state index contributed by atoms with van der Waals surface area (Å²) in [7, 11) is 1.54. The second-order valence-corrected chi connectivity index (χ2v) is 7.27. The Balaban J connectivity index is 1.82. The minimum Gasteiger partial charge on any atom is -0.492 e. The molecule has 3 N–H and O–H groups in total. The first-order valence-electron chi connectivity index (χ1n) is 8.83. The lowest BCUT2D eigenvalue weighted by molar-refractivity contribution is -0.126. The summed E-state index contributed by atoms with van der Waals surface area (Å²) < 4.78 is 19.6. The number of likely N-dealkylation sites (N-methyl/N-ethyl adjacent to an activating group) is 1. The van der Waals surface area contributed by atoms with Crippen LogP contribution in [0.3, 0.4) is 0 Å². The Hall–Kier alpha value is -2.63. The zero-order valence-corrected chi connectivity index (χ0v) is 14.5. The normalized spacial score (nSPS) is 27.5. The molecule has 1 aromatic carbocycles. The van der Waals surface area contributed by atoms with Gasteiger partial charge in [-0.25, -0.2) is 4.39 Å². The topological polar surface area (TPSA) is 81.4 Å². The summed E-state index contributed by atoms with van der Waals surface area (Å²) in [5.74, 6) is -0.580. The first-order valence-corrected chi connectivity index (χ1v) is 8.83. The van der Waals surface area contributed by atoms with Gasteiger partial charge in [-0.05, 0) is 48.4 Å². The fourth-order valence-corrected chi connectivity index (χ4v) is 4.21. The van der Waals surface area contributed by atoms with Crippen LogP contribution >= 0.6 is 0 Å². The van der Waals surface area contributed by atoms with Crippen LogP contribution < -0.4 is 11.1 Å². The smallest absolute Gasteiger partial charge is 0.254 e. The quantitative estimate of drug-likeness (QED) is 0.867. The first kappa shape index (κ1) is 16.8. The van der Waals surface area contributed by atoms with Crippen LogP contribution in [0, 0.1) is 17.2 Å². The van der Waals surface area contributed by atoms with Crippen LogP contribution in [0.15, 0.2) is 47.2 Å². The van der Waals surface area contributed by atoms with Crippen molar-refractivity contribution in [1.29, 1.82) is 0 Å². The highest BCUT2D eigenvalue weighted by Gasteiger charge is 2.53. The van der Waals surface area contributed by atoms with E-state index < -0.39 is 11.3 Å². The van der Waals surface area contributed by atoms with Crippen LogP contribution in [-0.4, -0.2) is 25.5 Å². The molecule has 4 rings (SSSR count). The molecule has 0 bridgehead atoms. The van der Waals surface area contributed by atoms with E-state index in [9.17, 15) is 14.0 Å². The molecule has 0 aromatic heterocycles. The molecule has 2 amide bonds. The van der Waals surface area contributed by atoms with Crippen LogP contribution in [0.1, 0.15) is 30.7 Å². The predicted octanol–water partition coefficient (Wildman–Crippen LogP) is 2.15. The minimum absolute atomic E-state index is 0.141. The molecule has 0 radical (unpaired) electrons. The zero-order chi connectivity index (χ0) is 18.5. The minimum atomic E-state index is -0.875. The van der Waals surface area contributed by atoms with E-state index in [4.69, 9.17) is 10.5 Å². The molecule has 26 heavy (non-hydrogen) atoms. The van der Waals surface area contributed by atoms with E-state index in [2.05, 4.69) is 5.32 Å². The van der Waals surface area contributed by atoms with Crippen molar-refractivity contribution in [3.63, 3.8) is 0 Å². The highest BCUT2D eigenvalue weighted by atomic mass is 19.1. The SMILES string of the molecule is CNC(=O)C1=CC(C(N)=O)(C2CC2)CC2=C1OCC2c1cccc(F)c1. The molecular weight excluding hydrogens is 335 g/mol. The van der Waals surface area contributed by atoms with Crippen molar-refractivity contribution >= 4 is 11.8 Å². The Morgan fingerprint density at radius 3 is 2.73 bits per heavy atom. The fraction of sp³-hybridized carbons (Fsp3) is 0.400. The van der Waals surface area contributed by atoms with E-state index in [1.54, 1.807) is 19.2 Å². The zero-order valence-electron chi connectivity index (χ0n) is 14.5. The number of ether oxygens (including phenoxy) is 1. The van der Waals surface area contributed by atoms with E-state index in [1.807, 2.05) is 6.07 Å². The molecule has 2 aliphatic carbocycles. The van der Waals surface area contributed by atoms with Gasteiger partial charge >= 0.3 is 0 Å². The number of amides is 2. The van der Waals surface area contributed by atoms with E-state index in [1.165, 1.54) is 12.1 Å². The van der Waals surface area contributed by atoms with Gasteiger partial charge in [-0.1, -0.05) is 18.2 Å². The Morgan fingerprint density at radius 2 is 2.12 bits per heavy atom.